The maximum Gasteiger partial charge on any atom is 0.163 e. The van der Waals surface area contributed by atoms with Crippen LogP contribution >= 0.6 is 11.6 Å². The van der Waals surface area contributed by atoms with Crippen LogP contribution in [0, 0.1) is 0 Å². The van der Waals surface area contributed by atoms with E-state index >= 15 is 0 Å². The standard InChI is InChI=1S/C22H22ClNO2/c1-25-21-12-19(15-24-14-17-8-4-2-5-9-17)20(23)13-22(21)26-16-18-10-6-3-7-11-18/h2-13,24H,14-16H2,1H3. The van der Waals surface area contributed by atoms with Crippen LogP contribution in [0.15, 0.2) is 72.8 Å². The van der Waals surface area contributed by atoms with Gasteiger partial charge in [-0.15, -0.1) is 0 Å². The molecule has 0 aliphatic heterocycles. The van der Waals surface area contributed by atoms with Gasteiger partial charge in [0.25, 0.3) is 0 Å². The van der Waals surface area contributed by atoms with Crippen LogP contribution in [-0.2, 0) is 19.7 Å². The molecule has 0 saturated carbocycles. The summed E-state index contributed by atoms with van der Waals surface area (Å²) >= 11 is 6.45. The Morgan fingerprint density at radius 2 is 1.46 bits per heavy atom. The zero-order valence-corrected chi connectivity index (χ0v) is 15.5. The average molecular weight is 368 g/mol. The average Bonchev–Trinajstić information content (AvgIpc) is 2.69. The highest BCUT2D eigenvalue weighted by atomic mass is 35.5. The molecule has 0 radical (unpaired) electrons. The van der Waals surface area contributed by atoms with Crippen LogP contribution in [0.2, 0.25) is 5.02 Å². The lowest BCUT2D eigenvalue weighted by molar-refractivity contribution is 0.284. The van der Waals surface area contributed by atoms with Gasteiger partial charge in [-0.2, -0.15) is 0 Å². The smallest absolute Gasteiger partial charge is 0.163 e. The van der Waals surface area contributed by atoms with Crippen molar-refractivity contribution in [2.24, 2.45) is 0 Å². The molecular weight excluding hydrogens is 346 g/mol. The lowest BCUT2D eigenvalue weighted by Gasteiger charge is -2.14. The summed E-state index contributed by atoms with van der Waals surface area (Å²) < 4.78 is 11.4. The van der Waals surface area contributed by atoms with Gasteiger partial charge < -0.3 is 14.8 Å². The molecule has 4 heteroatoms. The third-order valence-electron chi connectivity index (χ3n) is 4.06. The van der Waals surface area contributed by atoms with Crippen LogP contribution in [0.3, 0.4) is 0 Å². The Kier molecular flexibility index (Phi) is 6.53. The molecule has 3 aromatic carbocycles. The second-order valence-corrected chi connectivity index (χ2v) is 6.37. The monoisotopic (exact) mass is 367 g/mol. The second-order valence-electron chi connectivity index (χ2n) is 5.96. The van der Waals surface area contributed by atoms with Crippen LogP contribution in [0.1, 0.15) is 16.7 Å². The molecule has 0 heterocycles. The third kappa shape index (κ3) is 5.01. The number of rotatable bonds is 8. The van der Waals surface area contributed by atoms with E-state index in [-0.39, 0.29) is 0 Å². The molecule has 3 nitrogen and oxygen atoms in total. The number of hydrogen-bond donors (Lipinski definition) is 1. The molecule has 0 amide bonds. The molecule has 0 aromatic heterocycles. The zero-order valence-electron chi connectivity index (χ0n) is 14.7. The van der Waals surface area contributed by atoms with E-state index in [9.17, 15) is 0 Å². The van der Waals surface area contributed by atoms with Gasteiger partial charge in [0.15, 0.2) is 11.5 Å². The number of ether oxygens (including phenoxy) is 2. The molecule has 1 N–H and O–H groups in total. The molecule has 0 saturated heterocycles. The van der Waals surface area contributed by atoms with Crippen molar-refractivity contribution in [1.29, 1.82) is 0 Å². The fraction of sp³-hybridized carbons (Fsp3) is 0.182. The largest absolute Gasteiger partial charge is 0.493 e. The Balaban J connectivity index is 1.64. The number of benzene rings is 3. The van der Waals surface area contributed by atoms with E-state index in [1.165, 1.54) is 5.56 Å². The Hall–Kier alpha value is -2.49. The maximum atomic E-state index is 6.45. The molecule has 0 fully saturated rings. The molecule has 3 aromatic rings. The van der Waals surface area contributed by atoms with E-state index < -0.39 is 0 Å². The van der Waals surface area contributed by atoms with Gasteiger partial charge in [-0.05, 0) is 22.8 Å². The minimum atomic E-state index is 0.471. The molecular formula is C22H22ClNO2. The first-order valence-electron chi connectivity index (χ1n) is 8.54. The Morgan fingerprint density at radius 3 is 2.12 bits per heavy atom. The summed E-state index contributed by atoms with van der Waals surface area (Å²) in [4.78, 5) is 0. The van der Waals surface area contributed by atoms with Crippen LogP contribution in [0.25, 0.3) is 0 Å². The first-order valence-corrected chi connectivity index (χ1v) is 8.92. The zero-order chi connectivity index (χ0) is 18.2. The summed E-state index contributed by atoms with van der Waals surface area (Å²) in [7, 11) is 1.64. The highest BCUT2D eigenvalue weighted by Crippen LogP contribution is 2.34. The van der Waals surface area contributed by atoms with E-state index in [1.54, 1.807) is 7.11 Å². The van der Waals surface area contributed by atoms with Gasteiger partial charge in [0.1, 0.15) is 6.61 Å². The van der Waals surface area contributed by atoms with Crippen molar-refractivity contribution < 1.29 is 9.47 Å². The van der Waals surface area contributed by atoms with Crippen LogP contribution in [-0.4, -0.2) is 7.11 Å². The Bertz CT molecular complexity index is 822. The van der Waals surface area contributed by atoms with Crippen LogP contribution in [0.4, 0.5) is 0 Å². The molecule has 26 heavy (non-hydrogen) atoms. The number of methoxy groups -OCH3 is 1. The van der Waals surface area contributed by atoms with E-state index in [1.807, 2.05) is 60.7 Å². The Labute approximate surface area is 159 Å². The molecule has 0 aliphatic rings. The molecule has 0 aliphatic carbocycles. The highest BCUT2D eigenvalue weighted by Gasteiger charge is 2.11. The predicted octanol–water partition coefficient (Wildman–Crippen LogP) is 5.22. The highest BCUT2D eigenvalue weighted by molar-refractivity contribution is 6.31. The first-order chi connectivity index (χ1) is 12.8. The van der Waals surface area contributed by atoms with Gasteiger partial charge in [-0.1, -0.05) is 72.3 Å². The normalized spacial score (nSPS) is 10.5. The molecule has 134 valence electrons. The molecule has 0 bridgehead atoms. The summed E-state index contributed by atoms with van der Waals surface area (Å²) in [6.07, 6.45) is 0. The fourth-order valence-electron chi connectivity index (χ4n) is 2.66. The van der Waals surface area contributed by atoms with Crippen LogP contribution in [0.5, 0.6) is 11.5 Å². The van der Waals surface area contributed by atoms with Crippen LogP contribution < -0.4 is 14.8 Å². The topological polar surface area (TPSA) is 30.5 Å². The molecule has 3 rings (SSSR count). The predicted molar refractivity (Wildman–Crippen MR) is 106 cm³/mol. The summed E-state index contributed by atoms with van der Waals surface area (Å²) in [5.74, 6) is 1.33. The van der Waals surface area contributed by atoms with Crippen molar-refractivity contribution in [2.75, 3.05) is 7.11 Å². The number of hydrogen-bond acceptors (Lipinski definition) is 3. The molecule has 0 unspecified atom stereocenters. The van der Waals surface area contributed by atoms with Crippen molar-refractivity contribution in [2.45, 2.75) is 19.7 Å². The summed E-state index contributed by atoms with van der Waals surface area (Å²) in [5.41, 5.74) is 3.31. The van der Waals surface area contributed by atoms with Crippen molar-refractivity contribution in [1.82, 2.24) is 5.32 Å². The third-order valence-corrected chi connectivity index (χ3v) is 4.41. The quantitative estimate of drug-likeness (QED) is 0.592. The minimum absolute atomic E-state index is 0.471. The van der Waals surface area contributed by atoms with Gasteiger partial charge in [-0.25, -0.2) is 0 Å². The van der Waals surface area contributed by atoms with E-state index in [0.717, 1.165) is 17.7 Å². The van der Waals surface area contributed by atoms with Crippen molar-refractivity contribution in [3.8, 4) is 11.5 Å². The Morgan fingerprint density at radius 1 is 0.808 bits per heavy atom. The van der Waals surface area contributed by atoms with E-state index in [4.69, 9.17) is 21.1 Å². The van der Waals surface area contributed by atoms with Crippen molar-refractivity contribution in [3.63, 3.8) is 0 Å². The summed E-state index contributed by atoms with van der Waals surface area (Å²) in [5, 5.41) is 4.07. The van der Waals surface area contributed by atoms with Crippen molar-refractivity contribution >= 4 is 11.6 Å². The van der Waals surface area contributed by atoms with Gasteiger partial charge in [0.05, 0.1) is 7.11 Å². The minimum Gasteiger partial charge on any atom is -0.493 e. The maximum absolute atomic E-state index is 6.45. The van der Waals surface area contributed by atoms with Gasteiger partial charge in [0.2, 0.25) is 0 Å². The lowest BCUT2D eigenvalue weighted by atomic mass is 10.1. The van der Waals surface area contributed by atoms with Gasteiger partial charge in [0, 0.05) is 24.2 Å². The number of halogens is 1. The lowest BCUT2D eigenvalue weighted by Crippen LogP contribution is -2.13. The van der Waals surface area contributed by atoms with Crippen molar-refractivity contribution in [3.05, 3.63) is 94.5 Å². The second kappa shape index (κ2) is 9.27. The fourth-order valence-corrected chi connectivity index (χ4v) is 2.88. The summed E-state index contributed by atoms with van der Waals surface area (Å²) in [6, 6.07) is 24.0. The SMILES string of the molecule is COc1cc(CNCc2ccccc2)c(Cl)cc1OCc1ccccc1. The van der Waals surface area contributed by atoms with E-state index in [0.29, 0.717) is 29.7 Å². The first kappa shape index (κ1) is 18.3. The molecule has 0 spiro atoms. The van der Waals surface area contributed by atoms with Gasteiger partial charge >= 0.3 is 0 Å². The number of nitrogens with one attached hydrogen (secondary N) is 1. The molecule has 0 atom stereocenters. The summed E-state index contributed by atoms with van der Waals surface area (Å²) in [6.45, 7) is 1.91. The van der Waals surface area contributed by atoms with E-state index in [2.05, 4.69) is 17.4 Å². The van der Waals surface area contributed by atoms with Gasteiger partial charge in [-0.3, -0.25) is 0 Å².